The Morgan fingerprint density at radius 2 is 1.41 bits per heavy atom. The van der Waals surface area contributed by atoms with Crippen LogP contribution < -0.4 is 0 Å². The molecule has 0 aliphatic heterocycles. The Morgan fingerprint density at radius 1 is 0.941 bits per heavy atom. The number of halogens is 1. The van der Waals surface area contributed by atoms with Crippen LogP contribution in [0.4, 0.5) is 0 Å². The molecular weight excluding hydrogens is 325 g/mol. The standard InChI is InChI=1S/C14H8INO/c15-13-7-5-12(6-8-13)14(17)11-3-1-10(9-16)2-4-11/h1-8H. The summed E-state index contributed by atoms with van der Waals surface area (Å²) in [5, 5.41) is 8.68. The van der Waals surface area contributed by atoms with Gasteiger partial charge in [0.2, 0.25) is 0 Å². The van der Waals surface area contributed by atoms with Crippen molar-refractivity contribution in [3.8, 4) is 6.07 Å². The molecule has 0 heterocycles. The van der Waals surface area contributed by atoms with Gasteiger partial charge in [-0.05, 0) is 71.1 Å². The van der Waals surface area contributed by atoms with Gasteiger partial charge in [-0.2, -0.15) is 5.26 Å². The first-order valence-corrected chi connectivity index (χ1v) is 6.09. The van der Waals surface area contributed by atoms with E-state index in [1.807, 2.05) is 30.3 Å². The van der Waals surface area contributed by atoms with Crippen LogP contribution in [0.25, 0.3) is 0 Å². The molecule has 2 nitrogen and oxygen atoms in total. The Morgan fingerprint density at radius 3 is 1.88 bits per heavy atom. The number of nitrogens with zero attached hydrogens (tertiary/aromatic N) is 1. The number of rotatable bonds is 2. The van der Waals surface area contributed by atoms with E-state index >= 15 is 0 Å². The molecule has 0 aliphatic rings. The van der Waals surface area contributed by atoms with E-state index in [1.54, 1.807) is 24.3 Å². The summed E-state index contributed by atoms with van der Waals surface area (Å²) in [5.74, 6) is -0.0223. The van der Waals surface area contributed by atoms with Crippen LogP contribution in [0, 0.1) is 14.9 Å². The van der Waals surface area contributed by atoms with Crippen LogP contribution >= 0.6 is 22.6 Å². The quantitative estimate of drug-likeness (QED) is 0.624. The molecule has 0 atom stereocenters. The molecule has 17 heavy (non-hydrogen) atoms. The maximum absolute atomic E-state index is 12.1. The van der Waals surface area contributed by atoms with Crippen LogP contribution in [-0.2, 0) is 0 Å². The van der Waals surface area contributed by atoms with Gasteiger partial charge in [-0.25, -0.2) is 0 Å². The van der Waals surface area contributed by atoms with Crippen molar-refractivity contribution in [1.82, 2.24) is 0 Å². The fraction of sp³-hybridized carbons (Fsp3) is 0. The van der Waals surface area contributed by atoms with Crippen molar-refractivity contribution in [1.29, 1.82) is 5.26 Å². The second-order valence-electron chi connectivity index (χ2n) is 3.53. The maximum atomic E-state index is 12.1. The number of carbonyl (C=O) groups excluding carboxylic acids is 1. The van der Waals surface area contributed by atoms with Crippen LogP contribution in [0.1, 0.15) is 21.5 Å². The predicted octanol–water partition coefficient (Wildman–Crippen LogP) is 3.39. The summed E-state index contributed by atoms with van der Waals surface area (Å²) in [5.41, 5.74) is 1.82. The average molecular weight is 333 g/mol. The SMILES string of the molecule is N#Cc1ccc(C(=O)c2ccc(I)cc2)cc1. The molecule has 0 amide bonds. The van der Waals surface area contributed by atoms with Crippen molar-refractivity contribution >= 4 is 28.4 Å². The van der Waals surface area contributed by atoms with Crippen LogP contribution in [-0.4, -0.2) is 5.78 Å². The van der Waals surface area contributed by atoms with E-state index in [-0.39, 0.29) is 5.78 Å². The van der Waals surface area contributed by atoms with E-state index in [9.17, 15) is 4.79 Å². The van der Waals surface area contributed by atoms with E-state index in [2.05, 4.69) is 22.6 Å². The third-order valence-corrected chi connectivity index (χ3v) is 3.10. The van der Waals surface area contributed by atoms with Gasteiger partial charge >= 0.3 is 0 Å². The molecule has 0 aromatic heterocycles. The molecule has 2 rings (SSSR count). The molecule has 2 aromatic rings. The molecule has 2 aromatic carbocycles. The molecule has 82 valence electrons. The minimum Gasteiger partial charge on any atom is -0.289 e. The highest BCUT2D eigenvalue weighted by molar-refractivity contribution is 14.1. The van der Waals surface area contributed by atoms with Crippen molar-refractivity contribution in [2.75, 3.05) is 0 Å². The second-order valence-corrected chi connectivity index (χ2v) is 4.77. The van der Waals surface area contributed by atoms with Crippen LogP contribution in [0.15, 0.2) is 48.5 Å². The highest BCUT2D eigenvalue weighted by Gasteiger charge is 2.08. The summed E-state index contributed by atoms with van der Waals surface area (Å²) in [4.78, 5) is 12.1. The number of carbonyl (C=O) groups is 1. The molecule has 0 unspecified atom stereocenters. The summed E-state index contributed by atoms with van der Waals surface area (Å²) in [6, 6.07) is 16.1. The van der Waals surface area contributed by atoms with Crippen molar-refractivity contribution in [3.05, 3.63) is 68.8 Å². The normalized spacial score (nSPS) is 9.65. The zero-order valence-electron chi connectivity index (χ0n) is 8.85. The van der Waals surface area contributed by atoms with Gasteiger partial charge in [0.15, 0.2) is 5.78 Å². The Hall–Kier alpha value is -1.67. The Labute approximate surface area is 113 Å². The summed E-state index contributed by atoms with van der Waals surface area (Å²) in [6.07, 6.45) is 0. The van der Waals surface area contributed by atoms with Gasteiger partial charge in [0.25, 0.3) is 0 Å². The molecule has 0 fully saturated rings. The third-order valence-electron chi connectivity index (χ3n) is 2.38. The van der Waals surface area contributed by atoms with Gasteiger partial charge in [0, 0.05) is 14.7 Å². The summed E-state index contributed by atoms with van der Waals surface area (Å²) < 4.78 is 1.10. The molecule has 0 radical (unpaired) electrons. The number of hydrogen-bond acceptors (Lipinski definition) is 2. The zero-order chi connectivity index (χ0) is 12.3. The fourth-order valence-electron chi connectivity index (χ4n) is 1.46. The summed E-state index contributed by atoms with van der Waals surface area (Å²) >= 11 is 2.20. The maximum Gasteiger partial charge on any atom is 0.193 e. The van der Waals surface area contributed by atoms with Gasteiger partial charge in [-0.3, -0.25) is 4.79 Å². The summed E-state index contributed by atoms with van der Waals surface area (Å²) in [6.45, 7) is 0. The van der Waals surface area contributed by atoms with Crippen molar-refractivity contribution in [2.24, 2.45) is 0 Å². The highest BCUT2D eigenvalue weighted by Crippen LogP contribution is 2.13. The van der Waals surface area contributed by atoms with E-state index in [4.69, 9.17) is 5.26 Å². The largest absolute Gasteiger partial charge is 0.289 e. The first kappa shape index (κ1) is 11.8. The van der Waals surface area contributed by atoms with Gasteiger partial charge in [0.1, 0.15) is 0 Å². The monoisotopic (exact) mass is 333 g/mol. The molecule has 0 N–H and O–H groups in total. The fourth-order valence-corrected chi connectivity index (χ4v) is 1.82. The number of ketones is 1. The van der Waals surface area contributed by atoms with E-state index in [0.717, 1.165) is 3.57 Å². The summed E-state index contributed by atoms with van der Waals surface area (Å²) in [7, 11) is 0. The van der Waals surface area contributed by atoms with Crippen LogP contribution in [0.2, 0.25) is 0 Å². The molecule has 0 bridgehead atoms. The van der Waals surface area contributed by atoms with Gasteiger partial charge in [-0.15, -0.1) is 0 Å². The van der Waals surface area contributed by atoms with Crippen LogP contribution in [0.5, 0.6) is 0 Å². The second kappa shape index (κ2) is 5.11. The minimum atomic E-state index is -0.0223. The predicted molar refractivity (Wildman–Crippen MR) is 73.7 cm³/mol. The zero-order valence-corrected chi connectivity index (χ0v) is 11.0. The van der Waals surface area contributed by atoms with Gasteiger partial charge in [0.05, 0.1) is 11.6 Å². The Balaban J connectivity index is 2.31. The Bertz CT molecular complexity index is 579. The lowest BCUT2D eigenvalue weighted by Crippen LogP contribution is -2.00. The van der Waals surface area contributed by atoms with Crippen molar-refractivity contribution in [3.63, 3.8) is 0 Å². The number of benzene rings is 2. The minimum absolute atomic E-state index is 0.0223. The molecule has 0 aliphatic carbocycles. The lowest BCUT2D eigenvalue weighted by Gasteiger charge is -2.01. The number of hydrogen-bond donors (Lipinski definition) is 0. The lowest BCUT2D eigenvalue weighted by atomic mass is 10.0. The third kappa shape index (κ3) is 2.71. The van der Waals surface area contributed by atoms with Gasteiger partial charge < -0.3 is 0 Å². The topological polar surface area (TPSA) is 40.9 Å². The van der Waals surface area contributed by atoms with Crippen molar-refractivity contribution in [2.45, 2.75) is 0 Å². The van der Waals surface area contributed by atoms with Gasteiger partial charge in [-0.1, -0.05) is 0 Å². The number of nitriles is 1. The van der Waals surface area contributed by atoms with Crippen LogP contribution in [0.3, 0.4) is 0 Å². The van der Waals surface area contributed by atoms with E-state index < -0.39 is 0 Å². The molecule has 0 saturated carbocycles. The lowest BCUT2D eigenvalue weighted by molar-refractivity contribution is 0.103. The van der Waals surface area contributed by atoms with Crippen molar-refractivity contribution < 1.29 is 4.79 Å². The highest BCUT2D eigenvalue weighted by atomic mass is 127. The Kier molecular flexibility index (Phi) is 3.55. The molecule has 0 spiro atoms. The smallest absolute Gasteiger partial charge is 0.193 e. The first-order chi connectivity index (χ1) is 8.20. The molecular formula is C14H8INO. The molecule has 3 heteroatoms. The van der Waals surface area contributed by atoms with E-state index in [0.29, 0.717) is 16.7 Å². The average Bonchev–Trinajstić information content (AvgIpc) is 2.39. The van der Waals surface area contributed by atoms with E-state index in [1.165, 1.54) is 0 Å². The first-order valence-electron chi connectivity index (χ1n) is 5.01. The molecule has 0 saturated heterocycles.